The number of hydrogen-bond acceptors (Lipinski definition) is 7. The lowest BCUT2D eigenvalue weighted by Gasteiger charge is -2.14. The molecule has 3 aromatic carbocycles. The maximum Gasteiger partial charge on any atom is 0.134 e. The molecular weight excluding hydrogens is 398 g/mol. The third-order valence-electron chi connectivity index (χ3n) is 4.46. The van der Waals surface area contributed by atoms with Crippen LogP contribution in [-0.2, 0) is 0 Å². The molecule has 0 aliphatic carbocycles. The molecule has 0 heterocycles. The van der Waals surface area contributed by atoms with Crippen molar-refractivity contribution >= 4 is 23.3 Å². The number of ether oxygens (including phenoxy) is 3. The van der Waals surface area contributed by atoms with Gasteiger partial charge in [0.1, 0.15) is 17.2 Å². The van der Waals surface area contributed by atoms with Gasteiger partial charge in [-0.2, -0.15) is 0 Å². The lowest BCUT2D eigenvalue weighted by Crippen LogP contribution is -2.12. The molecule has 6 nitrogen and oxygen atoms in total. The Morgan fingerprint density at radius 2 is 1.53 bits per heavy atom. The Balaban J connectivity index is 1.84. The average Bonchev–Trinajstić information content (AvgIpc) is 2.81. The minimum Gasteiger partial charge on any atom is -0.497 e. The van der Waals surface area contributed by atoms with Crippen molar-refractivity contribution in [2.24, 2.45) is 5.73 Å². The van der Waals surface area contributed by atoms with Crippen molar-refractivity contribution in [2.75, 3.05) is 44.5 Å². The van der Waals surface area contributed by atoms with E-state index in [2.05, 4.69) is 16.1 Å². The molecule has 3 rings (SSSR count). The van der Waals surface area contributed by atoms with Gasteiger partial charge in [-0.1, -0.05) is 12.1 Å². The molecule has 7 heteroatoms. The van der Waals surface area contributed by atoms with Gasteiger partial charge in [0.2, 0.25) is 0 Å². The summed E-state index contributed by atoms with van der Waals surface area (Å²) in [5.41, 5.74) is 9.62. The fourth-order valence-electron chi connectivity index (χ4n) is 2.93. The van der Waals surface area contributed by atoms with E-state index in [0.717, 1.165) is 51.2 Å². The van der Waals surface area contributed by atoms with E-state index in [9.17, 15) is 0 Å². The van der Waals surface area contributed by atoms with E-state index in [4.69, 9.17) is 19.9 Å². The first-order valence-electron chi connectivity index (χ1n) is 9.55. The van der Waals surface area contributed by atoms with E-state index < -0.39 is 0 Å². The molecule has 0 aliphatic heterocycles. The molecule has 30 heavy (non-hydrogen) atoms. The number of rotatable bonds is 10. The molecule has 0 fully saturated rings. The van der Waals surface area contributed by atoms with E-state index >= 15 is 0 Å². The molecule has 0 saturated carbocycles. The predicted molar refractivity (Wildman–Crippen MR) is 125 cm³/mol. The van der Waals surface area contributed by atoms with Crippen LogP contribution in [0.3, 0.4) is 0 Å². The number of benzene rings is 3. The second-order valence-electron chi connectivity index (χ2n) is 6.47. The third kappa shape index (κ3) is 5.52. The Kier molecular flexibility index (Phi) is 7.70. The summed E-state index contributed by atoms with van der Waals surface area (Å²) in [7, 11) is 4.97. The Bertz CT molecular complexity index is 959. The van der Waals surface area contributed by atoms with Crippen molar-refractivity contribution in [1.82, 2.24) is 0 Å². The van der Waals surface area contributed by atoms with E-state index in [1.54, 1.807) is 21.3 Å². The molecular formula is C23H27N3O3S. The number of anilines is 2. The molecule has 0 amide bonds. The highest BCUT2D eigenvalue weighted by Crippen LogP contribution is 2.36. The lowest BCUT2D eigenvalue weighted by molar-refractivity contribution is 0.394. The second-order valence-corrected chi connectivity index (χ2v) is 7.32. The zero-order chi connectivity index (χ0) is 21.3. The molecule has 0 bridgehead atoms. The van der Waals surface area contributed by atoms with Crippen molar-refractivity contribution in [3.05, 3.63) is 60.7 Å². The highest BCUT2D eigenvalue weighted by molar-refractivity contribution is 8.00. The maximum atomic E-state index is 5.57. The SMILES string of the molecule is COc1cc(OC)cc(-c2ccc(OC)c(SNc3cccc(NCCN)c3)c2)c1. The van der Waals surface area contributed by atoms with Gasteiger partial charge in [0.15, 0.2) is 0 Å². The normalized spacial score (nSPS) is 10.4. The van der Waals surface area contributed by atoms with Crippen LogP contribution < -0.4 is 30.0 Å². The van der Waals surface area contributed by atoms with E-state index in [1.165, 1.54) is 11.9 Å². The van der Waals surface area contributed by atoms with E-state index in [1.807, 2.05) is 54.6 Å². The minimum absolute atomic E-state index is 0.589. The van der Waals surface area contributed by atoms with E-state index in [0.29, 0.717) is 6.54 Å². The van der Waals surface area contributed by atoms with Crippen molar-refractivity contribution in [1.29, 1.82) is 0 Å². The topological polar surface area (TPSA) is 77.8 Å². The van der Waals surface area contributed by atoms with Gasteiger partial charge in [0.05, 0.1) is 26.2 Å². The Morgan fingerprint density at radius 3 is 2.20 bits per heavy atom. The Morgan fingerprint density at radius 1 is 0.800 bits per heavy atom. The lowest BCUT2D eigenvalue weighted by atomic mass is 10.0. The second kappa shape index (κ2) is 10.7. The summed E-state index contributed by atoms with van der Waals surface area (Å²) >= 11 is 1.50. The number of methoxy groups -OCH3 is 3. The molecule has 0 atom stereocenters. The predicted octanol–water partition coefficient (Wildman–Crippen LogP) is 4.87. The number of hydrogen-bond donors (Lipinski definition) is 3. The van der Waals surface area contributed by atoms with Crippen molar-refractivity contribution in [3.63, 3.8) is 0 Å². The fraction of sp³-hybridized carbons (Fsp3) is 0.217. The zero-order valence-corrected chi connectivity index (χ0v) is 18.2. The van der Waals surface area contributed by atoms with Gasteiger partial charge < -0.3 is 30.0 Å². The average molecular weight is 426 g/mol. The van der Waals surface area contributed by atoms with Crippen molar-refractivity contribution < 1.29 is 14.2 Å². The summed E-state index contributed by atoms with van der Waals surface area (Å²) in [5.74, 6) is 2.28. The van der Waals surface area contributed by atoms with Crippen LogP contribution in [0.1, 0.15) is 0 Å². The smallest absolute Gasteiger partial charge is 0.134 e. The largest absolute Gasteiger partial charge is 0.497 e. The van der Waals surface area contributed by atoms with Gasteiger partial charge in [-0.15, -0.1) is 0 Å². The van der Waals surface area contributed by atoms with Gasteiger partial charge in [-0.3, -0.25) is 0 Å². The van der Waals surface area contributed by atoms with Crippen LogP contribution in [0.15, 0.2) is 65.6 Å². The van der Waals surface area contributed by atoms with Crippen LogP contribution in [0.25, 0.3) is 11.1 Å². The molecule has 158 valence electrons. The first-order valence-corrected chi connectivity index (χ1v) is 10.4. The van der Waals surface area contributed by atoms with Crippen LogP contribution in [0, 0.1) is 0 Å². The molecule has 0 radical (unpaired) electrons. The van der Waals surface area contributed by atoms with Crippen LogP contribution in [0.5, 0.6) is 17.2 Å². The van der Waals surface area contributed by atoms with Crippen LogP contribution in [-0.4, -0.2) is 34.4 Å². The van der Waals surface area contributed by atoms with Gasteiger partial charge in [-0.25, -0.2) is 0 Å². The Labute approximate surface area is 181 Å². The standard InChI is InChI=1S/C23H27N3O3S/c1-27-20-11-17(12-21(15-20)28-2)16-7-8-22(29-3)23(13-16)30-26-19-6-4-5-18(14-19)25-10-9-24/h4-8,11-15,25-26H,9-10,24H2,1-3H3. The fourth-order valence-corrected chi connectivity index (χ4v) is 3.73. The number of nitrogens with one attached hydrogen (secondary N) is 2. The summed E-state index contributed by atoms with van der Waals surface area (Å²) < 4.78 is 19.8. The van der Waals surface area contributed by atoms with E-state index in [-0.39, 0.29) is 0 Å². The van der Waals surface area contributed by atoms with Gasteiger partial charge in [0.25, 0.3) is 0 Å². The molecule has 4 N–H and O–H groups in total. The molecule has 0 unspecified atom stereocenters. The molecule has 0 saturated heterocycles. The number of nitrogens with two attached hydrogens (primary N) is 1. The Hall–Kier alpha value is -3.03. The van der Waals surface area contributed by atoms with Crippen molar-refractivity contribution in [3.8, 4) is 28.4 Å². The van der Waals surface area contributed by atoms with Gasteiger partial charge in [-0.05, 0) is 65.5 Å². The first-order chi connectivity index (χ1) is 14.7. The third-order valence-corrected chi connectivity index (χ3v) is 5.34. The molecule has 0 aromatic heterocycles. The summed E-state index contributed by atoms with van der Waals surface area (Å²) in [6, 6.07) is 20.0. The highest BCUT2D eigenvalue weighted by Gasteiger charge is 2.10. The van der Waals surface area contributed by atoms with Gasteiger partial charge >= 0.3 is 0 Å². The summed E-state index contributed by atoms with van der Waals surface area (Å²) in [5, 5.41) is 3.29. The summed E-state index contributed by atoms with van der Waals surface area (Å²) in [6.45, 7) is 1.32. The molecule has 3 aromatic rings. The molecule has 0 aliphatic rings. The van der Waals surface area contributed by atoms with Crippen LogP contribution in [0.2, 0.25) is 0 Å². The summed E-state index contributed by atoms with van der Waals surface area (Å²) in [4.78, 5) is 0.970. The molecule has 0 spiro atoms. The quantitative estimate of drug-likeness (QED) is 0.400. The highest BCUT2D eigenvalue weighted by atomic mass is 32.2. The maximum absolute atomic E-state index is 5.57. The van der Waals surface area contributed by atoms with Gasteiger partial charge in [0, 0.05) is 30.5 Å². The van der Waals surface area contributed by atoms with Crippen molar-refractivity contribution in [2.45, 2.75) is 4.90 Å². The minimum atomic E-state index is 0.589. The summed E-state index contributed by atoms with van der Waals surface area (Å²) in [6.07, 6.45) is 0. The zero-order valence-electron chi connectivity index (χ0n) is 17.4. The first kappa shape index (κ1) is 21.7. The van der Waals surface area contributed by atoms with Crippen LogP contribution in [0.4, 0.5) is 11.4 Å². The monoisotopic (exact) mass is 425 g/mol. The van der Waals surface area contributed by atoms with Crippen LogP contribution >= 0.6 is 11.9 Å².